The van der Waals surface area contributed by atoms with Gasteiger partial charge in [0.25, 0.3) is 0 Å². The van der Waals surface area contributed by atoms with Crippen molar-refractivity contribution >= 4 is 41.0 Å². The van der Waals surface area contributed by atoms with Gasteiger partial charge in [-0.05, 0) is 37.0 Å². The van der Waals surface area contributed by atoms with Gasteiger partial charge in [-0.15, -0.1) is 24.0 Å². The molecule has 2 heterocycles. The van der Waals surface area contributed by atoms with Crippen LogP contribution in [0.1, 0.15) is 43.6 Å². The average molecular weight is 425 g/mol. The van der Waals surface area contributed by atoms with Crippen molar-refractivity contribution in [2.75, 3.05) is 13.1 Å². The van der Waals surface area contributed by atoms with Gasteiger partial charge in [-0.25, -0.2) is 4.98 Å². The molecule has 0 spiro atoms. The molecule has 6 heteroatoms. The molecule has 5 nitrogen and oxygen atoms in total. The highest BCUT2D eigenvalue weighted by atomic mass is 127. The molecule has 0 unspecified atom stereocenters. The third-order valence-electron chi connectivity index (χ3n) is 4.41. The monoisotopic (exact) mass is 425 g/mol. The Morgan fingerprint density at radius 2 is 2.22 bits per heavy atom. The SMILES string of the molecule is CCc1nc2cc(CNC3=NCCCN3)ccc2n1C1CC1.I. The highest BCUT2D eigenvalue weighted by Gasteiger charge is 2.27. The van der Waals surface area contributed by atoms with Gasteiger partial charge in [-0.3, -0.25) is 4.99 Å². The Labute approximate surface area is 154 Å². The van der Waals surface area contributed by atoms with Gasteiger partial charge in [-0.1, -0.05) is 13.0 Å². The molecule has 1 aliphatic heterocycles. The Hall–Kier alpha value is -1.31. The quantitative estimate of drug-likeness (QED) is 0.741. The van der Waals surface area contributed by atoms with Crippen molar-refractivity contribution in [2.45, 2.75) is 45.2 Å². The molecular formula is C17H24IN5. The van der Waals surface area contributed by atoms with Gasteiger partial charge in [0.15, 0.2) is 5.96 Å². The second-order valence-corrected chi connectivity index (χ2v) is 6.17. The molecule has 1 saturated carbocycles. The van der Waals surface area contributed by atoms with Crippen LogP contribution in [0.3, 0.4) is 0 Å². The molecule has 2 N–H and O–H groups in total. The number of nitrogens with zero attached hydrogens (tertiary/aromatic N) is 3. The number of guanidine groups is 1. The van der Waals surface area contributed by atoms with Crippen molar-refractivity contribution in [3.05, 3.63) is 29.6 Å². The number of rotatable bonds is 4. The minimum absolute atomic E-state index is 0. The van der Waals surface area contributed by atoms with Crippen LogP contribution in [0, 0.1) is 0 Å². The first-order valence-electron chi connectivity index (χ1n) is 8.37. The van der Waals surface area contributed by atoms with E-state index in [2.05, 4.69) is 45.3 Å². The minimum Gasteiger partial charge on any atom is -0.356 e. The van der Waals surface area contributed by atoms with E-state index in [0.717, 1.165) is 44.0 Å². The summed E-state index contributed by atoms with van der Waals surface area (Å²) in [6.07, 6.45) is 4.72. The Morgan fingerprint density at radius 3 is 2.91 bits per heavy atom. The number of benzene rings is 1. The van der Waals surface area contributed by atoms with Crippen molar-refractivity contribution in [2.24, 2.45) is 4.99 Å². The van der Waals surface area contributed by atoms with E-state index in [1.165, 1.54) is 29.7 Å². The molecule has 0 bridgehead atoms. The van der Waals surface area contributed by atoms with E-state index in [4.69, 9.17) is 4.98 Å². The Kier molecular flexibility index (Phi) is 5.08. The standard InChI is InChI=1S/C17H23N5.HI/c1-2-16-21-14-10-12(11-20-17-18-8-3-9-19-17)4-7-15(14)22(16)13-5-6-13;/h4,7,10,13H,2-3,5-6,8-9,11H2,1H3,(H2,18,19,20);1H. The molecule has 2 aliphatic rings. The van der Waals surface area contributed by atoms with E-state index >= 15 is 0 Å². The van der Waals surface area contributed by atoms with Gasteiger partial charge in [-0.2, -0.15) is 0 Å². The maximum Gasteiger partial charge on any atom is 0.191 e. The molecular weight excluding hydrogens is 401 g/mol. The van der Waals surface area contributed by atoms with Crippen LogP contribution in [-0.4, -0.2) is 28.6 Å². The zero-order valence-corrected chi connectivity index (χ0v) is 15.8. The lowest BCUT2D eigenvalue weighted by Gasteiger charge is -2.16. The van der Waals surface area contributed by atoms with Crippen LogP contribution < -0.4 is 10.6 Å². The van der Waals surface area contributed by atoms with Crippen LogP contribution >= 0.6 is 24.0 Å². The summed E-state index contributed by atoms with van der Waals surface area (Å²) in [5, 5.41) is 6.67. The lowest BCUT2D eigenvalue weighted by molar-refractivity contribution is 0.702. The molecule has 1 aromatic carbocycles. The Morgan fingerprint density at radius 1 is 1.35 bits per heavy atom. The van der Waals surface area contributed by atoms with Gasteiger partial charge in [0.1, 0.15) is 5.82 Å². The van der Waals surface area contributed by atoms with E-state index in [0.29, 0.717) is 6.04 Å². The molecule has 4 rings (SSSR count). The lowest BCUT2D eigenvalue weighted by atomic mass is 10.2. The number of hydrogen-bond acceptors (Lipinski definition) is 4. The first-order chi connectivity index (χ1) is 10.8. The van der Waals surface area contributed by atoms with Crippen LogP contribution in [-0.2, 0) is 13.0 Å². The third kappa shape index (κ3) is 3.46. The van der Waals surface area contributed by atoms with Crippen molar-refractivity contribution < 1.29 is 0 Å². The first-order valence-corrected chi connectivity index (χ1v) is 8.37. The van der Waals surface area contributed by atoms with Gasteiger partial charge in [0.2, 0.25) is 0 Å². The molecule has 0 atom stereocenters. The smallest absolute Gasteiger partial charge is 0.191 e. The van der Waals surface area contributed by atoms with Crippen LogP contribution in [0.2, 0.25) is 0 Å². The fourth-order valence-electron chi connectivity index (χ4n) is 3.13. The minimum atomic E-state index is 0. The van der Waals surface area contributed by atoms with Crippen LogP contribution in [0.15, 0.2) is 23.2 Å². The maximum atomic E-state index is 4.84. The second-order valence-electron chi connectivity index (χ2n) is 6.17. The fraction of sp³-hybridized carbons (Fsp3) is 0.529. The molecule has 0 saturated heterocycles. The van der Waals surface area contributed by atoms with Crippen LogP contribution in [0.25, 0.3) is 11.0 Å². The number of halogens is 1. The van der Waals surface area contributed by atoms with Gasteiger partial charge < -0.3 is 15.2 Å². The number of aromatic nitrogens is 2. The van der Waals surface area contributed by atoms with Crippen molar-refractivity contribution in [3.8, 4) is 0 Å². The van der Waals surface area contributed by atoms with E-state index in [1.54, 1.807) is 0 Å². The third-order valence-corrected chi connectivity index (χ3v) is 4.41. The van der Waals surface area contributed by atoms with Crippen LogP contribution in [0.4, 0.5) is 0 Å². The predicted molar refractivity (Wildman–Crippen MR) is 105 cm³/mol. The molecule has 2 aromatic rings. The predicted octanol–water partition coefficient (Wildman–Crippen LogP) is 2.99. The summed E-state index contributed by atoms with van der Waals surface area (Å²) in [6, 6.07) is 7.33. The molecule has 1 aromatic heterocycles. The van der Waals surface area contributed by atoms with Crippen molar-refractivity contribution in [3.63, 3.8) is 0 Å². The van der Waals surface area contributed by atoms with Crippen LogP contribution in [0.5, 0.6) is 0 Å². The van der Waals surface area contributed by atoms with E-state index in [-0.39, 0.29) is 24.0 Å². The van der Waals surface area contributed by atoms with E-state index in [1.807, 2.05) is 0 Å². The number of hydrogen-bond donors (Lipinski definition) is 2. The van der Waals surface area contributed by atoms with Gasteiger partial charge in [0, 0.05) is 32.1 Å². The highest BCUT2D eigenvalue weighted by Crippen LogP contribution is 2.38. The summed E-state index contributed by atoms with van der Waals surface area (Å²) in [6.45, 7) is 4.91. The van der Waals surface area contributed by atoms with E-state index in [9.17, 15) is 0 Å². The topological polar surface area (TPSA) is 54.2 Å². The average Bonchev–Trinajstić information content (AvgIpc) is 3.34. The van der Waals surface area contributed by atoms with Crippen molar-refractivity contribution in [1.82, 2.24) is 20.2 Å². The normalized spacial score (nSPS) is 17.3. The summed E-state index contributed by atoms with van der Waals surface area (Å²) in [7, 11) is 0. The number of aliphatic imine (C=N–C) groups is 1. The largest absolute Gasteiger partial charge is 0.356 e. The Balaban J connectivity index is 0.00000156. The molecule has 0 radical (unpaired) electrons. The molecule has 1 fully saturated rings. The zero-order chi connectivity index (χ0) is 14.9. The fourth-order valence-corrected chi connectivity index (χ4v) is 3.13. The summed E-state index contributed by atoms with van der Waals surface area (Å²) in [4.78, 5) is 9.28. The molecule has 23 heavy (non-hydrogen) atoms. The summed E-state index contributed by atoms with van der Waals surface area (Å²) >= 11 is 0. The van der Waals surface area contributed by atoms with Crippen molar-refractivity contribution in [1.29, 1.82) is 0 Å². The number of aryl methyl sites for hydroxylation is 1. The Bertz CT molecular complexity index is 717. The molecule has 124 valence electrons. The molecule has 0 amide bonds. The lowest BCUT2D eigenvalue weighted by Crippen LogP contribution is -2.40. The number of imidazole rings is 1. The van der Waals surface area contributed by atoms with Gasteiger partial charge in [0.05, 0.1) is 11.0 Å². The summed E-state index contributed by atoms with van der Waals surface area (Å²) < 4.78 is 2.44. The summed E-state index contributed by atoms with van der Waals surface area (Å²) in [5.41, 5.74) is 3.67. The number of fused-ring (bicyclic) bond motifs is 1. The first kappa shape index (κ1) is 16.5. The molecule has 1 aliphatic carbocycles. The second kappa shape index (κ2) is 7.07. The summed E-state index contributed by atoms with van der Waals surface area (Å²) in [5.74, 6) is 2.14. The van der Waals surface area contributed by atoms with Gasteiger partial charge >= 0.3 is 0 Å². The van der Waals surface area contributed by atoms with E-state index < -0.39 is 0 Å². The highest BCUT2D eigenvalue weighted by molar-refractivity contribution is 14.0. The number of nitrogens with one attached hydrogen (secondary N) is 2. The zero-order valence-electron chi connectivity index (χ0n) is 13.5. The maximum absolute atomic E-state index is 4.84.